The summed E-state index contributed by atoms with van der Waals surface area (Å²) in [5.74, 6) is 0. The molecule has 2 aromatic heterocycles. The van der Waals surface area contributed by atoms with E-state index in [1.54, 1.807) is 0 Å². The van der Waals surface area contributed by atoms with Gasteiger partial charge in [-0.3, -0.25) is 4.79 Å². The van der Waals surface area contributed by atoms with Gasteiger partial charge in [-0.2, -0.15) is 0 Å². The molecular formula is C14H18N4O2. The number of anilines is 1. The lowest BCUT2D eigenvalue weighted by Crippen LogP contribution is -2.25. The average molecular weight is 274 g/mol. The number of aryl methyl sites for hydroxylation is 1. The fourth-order valence-corrected chi connectivity index (χ4v) is 2.88. The van der Waals surface area contributed by atoms with E-state index in [-0.39, 0.29) is 5.65 Å². The van der Waals surface area contributed by atoms with E-state index in [0.29, 0.717) is 16.2 Å². The van der Waals surface area contributed by atoms with E-state index in [9.17, 15) is 10.0 Å². The van der Waals surface area contributed by atoms with Gasteiger partial charge in [-0.25, -0.2) is 9.97 Å². The van der Waals surface area contributed by atoms with Crippen LogP contribution in [0.25, 0.3) is 11.0 Å². The maximum atomic E-state index is 11.8. The van der Waals surface area contributed by atoms with Crippen LogP contribution in [0.3, 0.4) is 0 Å². The zero-order valence-electron chi connectivity index (χ0n) is 11.5. The topological polar surface area (TPSA) is 80.0 Å². The summed E-state index contributed by atoms with van der Waals surface area (Å²) in [4.78, 5) is 20.0. The van der Waals surface area contributed by atoms with E-state index in [4.69, 9.17) is 0 Å². The van der Waals surface area contributed by atoms with Gasteiger partial charge in [0.25, 0.3) is 5.56 Å². The zero-order chi connectivity index (χ0) is 14.1. The van der Waals surface area contributed by atoms with Gasteiger partial charge in [0, 0.05) is 12.1 Å². The lowest BCUT2D eigenvalue weighted by molar-refractivity contribution is 0.186. The quantitative estimate of drug-likeness (QED) is 0.820. The minimum atomic E-state index is -0.478. The number of hydrogen-bond donors (Lipinski definition) is 2. The fraction of sp³-hybridized carbons (Fsp3) is 0.500. The fourth-order valence-electron chi connectivity index (χ4n) is 2.88. The average Bonchev–Trinajstić information content (AvgIpc) is 2.45. The summed E-state index contributed by atoms with van der Waals surface area (Å²) in [6.45, 7) is 1.85. The minimum Gasteiger partial charge on any atom is -0.423 e. The molecule has 0 radical (unpaired) electrons. The molecule has 20 heavy (non-hydrogen) atoms. The first-order chi connectivity index (χ1) is 9.66. The molecule has 6 heteroatoms. The van der Waals surface area contributed by atoms with E-state index in [2.05, 4.69) is 15.3 Å². The molecule has 0 unspecified atom stereocenters. The molecule has 106 valence electrons. The molecule has 6 nitrogen and oxygen atoms in total. The summed E-state index contributed by atoms with van der Waals surface area (Å²) in [5.41, 5.74) is 1.24. The van der Waals surface area contributed by atoms with E-state index in [0.717, 1.165) is 24.2 Å². The van der Waals surface area contributed by atoms with Crippen LogP contribution in [0, 0.1) is 6.92 Å². The number of aromatic nitrogens is 3. The summed E-state index contributed by atoms with van der Waals surface area (Å²) >= 11 is 0. The first-order valence-corrected chi connectivity index (χ1v) is 7.00. The SMILES string of the molecule is Cc1ncnc2c1c(NC1CCCCC1)cc(=O)n2O. The van der Waals surface area contributed by atoms with Gasteiger partial charge in [0.15, 0.2) is 5.65 Å². The second-order valence-corrected chi connectivity index (χ2v) is 5.35. The highest BCUT2D eigenvalue weighted by molar-refractivity contribution is 5.90. The number of hydrogen-bond acceptors (Lipinski definition) is 5. The predicted octanol–water partition coefficient (Wildman–Crippen LogP) is 2.08. The van der Waals surface area contributed by atoms with Crippen molar-refractivity contribution in [2.24, 2.45) is 0 Å². The summed E-state index contributed by atoms with van der Waals surface area (Å²) in [7, 11) is 0. The molecule has 0 aromatic carbocycles. The Hall–Kier alpha value is -2.11. The molecule has 0 spiro atoms. The lowest BCUT2D eigenvalue weighted by atomic mass is 9.95. The molecule has 0 bridgehead atoms. The summed E-state index contributed by atoms with van der Waals surface area (Å²) in [6.07, 6.45) is 7.27. The Labute approximate surface area is 116 Å². The third-order valence-corrected chi connectivity index (χ3v) is 3.93. The Morgan fingerprint density at radius 3 is 2.80 bits per heavy atom. The third-order valence-electron chi connectivity index (χ3n) is 3.93. The molecule has 0 aliphatic heterocycles. The third kappa shape index (κ3) is 2.21. The monoisotopic (exact) mass is 274 g/mol. The predicted molar refractivity (Wildman–Crippen MR) is 76.2 cm³/mol. The highest BCUT2D eigenvalue weighted by atomic mass is 16.5. The Balaban J connectivity index is 2.09. The minimum absolute atomic E-state index is 0.253. The molecule has 3 rings (SSSR count). The number of pyridine rings is 1. The summed E-state index contributed by atoms with van der Waals surface area (Å²) < 4.78 is 0.579. The Morgan fingerprint density at radius 2 is 2.05 bits per heavy atom. The molecule has 0 saturated heterocycles. The first kappa shape index (κ1) is 12.9. The Morgan fingerprint density at radius 1 is 1.30 bits per heavy atom. The smallest absolute Gasteiger partial charge is 0.286 e. The van der Waals surface area contributed by atoms with Crippen LogP contribution in [0.1, 0.15) is 37.8 Å². The van der Waals surface area contributed by atoms with Crippen molar-refractivity contribution in [3.63, 3.8) is 0 Å². The van der Waals surface area contributed by atoms with Crippen molar-refractivity contribution in [2.75, 3.05) is 5.32 Å². The largest absolute Gasteiger partial charge is 0.423 e. The highest BCUT2D eigenvalue weighted by Gasteiger charge is 2.17. The summed E-state index contributed by atoms with van der Waals surface area (Å²) in [6, 6.07) is 1.80. The molecule has 1 aliphatic rings. The normalized spacial score (nSPS) is 16.4. The van der Waals surface area contributed by atoms with Gasteiger partial charge >= 0.3 is 0 Å². The van der Waals surface area contributed by atoms with Crippen LogP contribution in [0.2, 0.25) is 0 Å². The molecule has 1 aliphatic carbocycles. The van der Waals surface area contributed by atoms with Crippen LogP contribution >= 0.6 is 0 Å². The first-order valence-electron chi connectivity index (χ1n) is 7.00. The second kappa shape index (κ2) is 5.11. The standard InChI is InChI=1S/C14H18N4O2/c1-9-13-11(17-10-5-3-2-4-6-10)7-12(19)18(20)14(13)16-8-15-9/h7-8,10,17,20H,2-6H2,1H3. The van der Waals surface area contributed by atoms with Crippen molar-refractivity contribution in [1.29, 1.82) is 0 Å². The van der Waals surface area contributed by atoms with Gasteiger partial charge in [0.1, 0.15) is 6.33 Å². The Bertz CT molecular complexity index is 689. The van der Waals surface area contributed by atoms with Gasteiger partial charge < -0.3 is 10.5 Å². The van der Waals surface area contributed by atoms with Crippen molar-refractivity contribution in [2.45, 2.75) is 45.1 Å². The number of fused-ring (bicyclic) bond motifs is 1. The summed E-state index contributed by atoms with van der Waals surface area (Å²) in [5, 5.41) is 13.9. The van der Waals surface area contributed by atoms with Gasteiger partial charge in [-0.15, -0.1) is 4.73 Å². The van der Waals surface area contributed by atoms with Gasteiger partial charge in [-0.1, -0.05) is 19.3 Å². The van der Waals surface area contributed by atoms with E-state index < -0.39 is 5.56 Å². The highest BCUT2D eigenvalue weighted by Crippen LogP contribution is 2.26. The molecule has 2 aromatic rings. The van der Waals surface area contributed by atoms with Crippen molar-refractivity contribution in [3.05, 3.63) is 28.4 Å². The van der Waals surface area contributed by atoms with Crippen molar-refractivity contribution >= 4 is 16.7 Å². The van der Waals surface area contributed by atoms with E-state index >= 15 is 0 Å². The van der Waals surface area contributed by atoms with Crippen LogP contribution in [0.4, 0.5) is 5.69 Å². The van der Waals surface area contributed by atoms with Crippen molar-refractivity contribution in [1.82, 2.24) is 14.7 Å². The maximum absolute atomic E-state index is 11.8. The van der Waals surface area contributed by atoms with Gasteiger partial charge in [-0.05, 0) is 19.8 Å². The molecule has 1 fully saturated rings. The molecular weight excluding hydrogens is 256 g/mol. The van der Waals surface area contributed by atoms with Crippen LogP contribution in [0.5, 0.6) is 0 Å². The number of rotatable bonds is 2. The molecule has 0 amide bonds. The lowest BCUT2D eigenvalue weighted by Gasteiger charge is -2.24. The molecule has 0 atom stereocenters. The zero-order valence-corrected chi connectivity index (χ0v) is 11.5. The van der Waals surface area contributed by atoms with Crippen LogP contribution in [-0.2, 0) is 0 Å². The molecule has 2 N–H and O–H groups in total. The molecule has 1 saturated carbocycles. The van der Waals surface area contributed by atoms with Gasteiger partial charge in [0.2, 0.25) is 0 Å². The van der Waals surface area contributed by atoms with E-state index in [1.165, 1.54) is 31.7 Å². The molecule has 2 heterocycles. The van der Waals surface area contributed by atoms with Crippen molar-refractivity contribution < 1.29 is 5.21 Å². The van der Waals surface area contributed by atoms with Crippen LogP contribution in [-0.4, -0.2) is 25.9 Å². The van der Waals surface area contributed by atoms with E-state index in [1.807, 2.05) is 6.92 Å². The van der Waals surface area contributed by atoms with Gasteiger partial charge in [0.05, 0.1) is 16.8 Å². The van der Waals surface area contributed by atoms with Crippen LogP contribution in [0.15, 0.2) is 17.2 Å². The number of nitrogens with one attached hydrogen (secondary N) is 1. The second-order valence-electron chi connectivity index (χ2n) is 5.35. The van der Waals surface area contributed by atoms with Crippen LogP contribution < -0.4 is 10.9 Å². The van der Waals surface area contributed by atoms with Crippen molar-refractivity contribution in [3.8, 4) is 0 Å². The maximum Gasteiger partial charge on any atom is 0.286 e. The Kier molecular flexibility index (Phi) is 3.30. The number of nitrogens with zero attached hydrogens (tertiary/aromatic N) is 3.